The Balaban J connectivity index is 2.19. The maximum atomic E-state index is 10.6. The number of nitro benzene ring substituents is 1. The number of hydrogen-bond donors (Lipinski definition) is 0. The highest BCUT2D eigenvalue weighted by Gasteiger charge is 2.19. The van der Waals surface area contributed by atoms with E-state index in [0.29, 0.717) is 0 Å². The smallest absolute Gasteiger partial charge is 0.269 e. The van der Waals surface area contributed by atoms with E-state index in [-0.39, 0.29) is 22.8 Å². The monoisotopic (exact) mass is 247 g/mol. The molecule has 0 radical (unpaired) electrons. The van der Waals surface area contributed by atoms with E-state index in [2.05, 4.69) is 13.0 Å². The predicted molar refractivity (Wildman–Crippen MR) is 69.4 cm³/mol. The largest absolute Gasteiger partial charge is 0.370 e. The van der Waals surface area contributed by atoms with Crippen molar-refractivity contribution in [3.63, 3.8) is 0 Å². The first-order chi connectivity index (χ1) is 8.56. The number of non-ortho nitro benzene ring substituents is 1. The van der Waals surface area contributed by atoms with E-state index in [4.69, 9.17) is 4.74 Å². The molecule has 0 N–H and O–H groups in total. The number of nitrogens with zero attached hydrogens (tertiary/aromatic N) is 1. The van der Waals surface area contributed by atoms with Crippen LogP contribution in [0.4, 0.5) is 5.69 Å². The third-order valence-electron chi connectivity index (χ3n) is 3.18. The van der Waals surface area contributed by atoms with Crippen LogP contribution in [0.25, 0.3) is 0 Å². The molecule has 1 aromatic carbocycles. The van der Waals surface area contributed by atoms with Gasteiger partial charge in [-0.15, -0.1) is 0 Å². The van der Waals surface area contributed by atoms with Gasteiger partial charge >= 0.3 is 0 Å². The molecule has 2 atom stereocenters. The average molecular weight is 247 g/mol. The Morgan fingerprint density at radius 2 is 2.00 bits per heavy atom. The fourth-order valence-electron chi connectivity index (χ4n) is 2.13. The van der Waals surface area contributed by atoms with Crippen molar-refractivity contribution in [2.45, 2.75) is 38.9 Å². The molecule has 2 rings (SSSR count). The Kier molecular flexibility index (Phi) is 3.77. The minimum absolute atomic E-state index is 0.000413. The highest BCUT2D eigenvalue weighted by molar-refractivity contribution is 5.34. The van der Waals surface area contributed by atoms with Gasteiger partial charge in [0.25, 0.3) is 5.69 Å². The second-order valence-electron chi connectivity index (χ2n) is 4.77. The first-order valence-electron chi connectivity index (χ1n) is 6.11. The molecule has 0 bridgehead atoms. The van der Waals surface area contributed by atoms with Gasteiger partial charge in [-0.05, 0) is 44.4 Å². The topological polar surface area (TPSA) is 52.4 Å². The van der Waals surface area contributed by atoms with Crippen molar-refractivity contribution in [2.24, 2.45) is 0 Å². The SMILES string of the molecule is CC1=CC[C@H](C)O[C@H](c2ccc([N+](=O)[O-])cc2)C1. The lowest BCUT2D eigenvalue weighted by atomic mass is 10.0. The van der Waals surface area contributed by atoms with Gasteiger partial charge in [0, 0.05) is 12.1 Å². The second-order valence-corrected chi connectivity index (χ2v) is 4.77. The molecule has 0 unspecified atom stereocenters. The summed E-state index contributed by atoms with van der Waals surface area (Å²) >= 11 is 0. The summed E-state index contributed by atoms with van der Waals surface area (Å²) in [6.45, 7) is 4.15. The predicted octanol–water partition coefficient (Wildman–Crippen LogP) is 3.78. The summed E-state index contributed by atoms with van der Waals surface area (Å²) in [5.41, 5.74) is 2.43. The Morgan fingerprint density at radius 3 is 2.61 bits per heavy atom. The Morgan fingerprint density at radius 1 is 1.33 bits per heavy atom. The third-order valence-corrected chi connectivity index (χ3v) is 3.18. The van der Waals surface area contributed by atoms with Crippen molar-refractivity contribution in [3.05, 3.63) is 51.6 Å². The first-order valence-corrected chi connectivity index (χ1v) is 6.11. The summed E-state index contributed by atoms with van der Waals surface area (Å²) in [6, 6.07) is 6.64. The van der Waals surface area contributed by atoms with Gasteiger partial charge in [0.15, 0.2) is 0 Å². The van der Waals surface area contributed by atoms with Crippen LogP contribution in [0.5, 0.6) is 0 Å². The van der Waals surface area contributed by atoms with Crippen LogP contribution in [0.1, 0.15) is 38.4 Å². The number of benzene rings is 1. The Bertz CT molecular complexity index is 464. The van der Waals surface area contributed by atoms with E-state index in [0.717, 1.165) is 18.4 Å². The van der Waals surface area contributed by atoms with E-state index in [1.165, 1.54) is 17.7 Å². The van der Waals surface area contributed by atoms with E-state index in [9.17, 15) is 10.1 Å². The van der Waals surface area contributed by atoms with Crippen molar-refractivity contribution in [1.82, 2.24) is 0 Å². The molecule has 1 heterocycles. The number of rotatable bonds is 2. The summed E-state index contributed by atoms with van der Waals surface area (Å²) in [5.74, 6) is 0. The maximum Gasteiger partial charge on any atom is 0.269 e. The lowest BCUT2D eigenvalue weighted by Gasteiger charge is -2.19. The summed E-state index contributed by atoms with van der Waals surface area (Å²) in [5, 5.41) is 10.6. The van der Waals surface area contributed by atoms with Crippen molar-refractivity contribution >= 4 is 5.69 Å². The molecular formula is C14H17NO3. The molecule has 1 aliphatic rings. The van der Waals surface area contributed by atoms with Crippen LogP contribution < -0.4 is 0 Å². The quantitative estimate of drug-likeness (QED) is 0.454. The summed E-state index contributed by atoms with van der Waals surface area (Å²) in [6.07, 6.45) is 4.16. The van der Waals surface area contributed by atoms with Crippen LogP contribution in [0.3, 0.4) is 0 Å². The molecule has 1 aliphatic heterocycles. The van der Waals surface area contributed by atoms with Gasteiger partial charge in [-0.25, -0.2) is 0 Å². The van der Waals surface area contributed by atoms with Crippen molar-refractivity contribution < 1.29 is 9.66 Å². The standard InChI is InChI=1S/C14H17NO3/c1-10-3-4-11(2)18-14(9-10)12-5-7-13(8-6-12)15(16)17/h3,5-8,11,14H,4,9H2,1-2H3/t11-,14-/m0/s1. The Labute approximate surface area is 106 Å². The zero-order valence-corrected chi connectivity index (χ0v) is 10.6. The molecule has 0 amide bonds. The lowest BCUT2D eigenvalue weighted by molar-refractivity contribution is -0.384. The molecule has 0 aromatic heterocycles. The molecule has 96 valence electrons. The van der Waals surface area contributed by atoms with E-state index < -0.39 is 0 Å². The van der Waals surface area contributed by atoms with Gasteiger partial charge in [0.1, 0.15) is 0 Å². The van der Waals surface area contributed by atoms with Crippen LogP contribution in [0.15, 0.2) is 35.9 Å². The molecule has 1 aromatic rings. The van der Waals surface area contributed by atoms with Gasteiger partial charge in [0.2, 0.25) is 0 Å². The third kappa shape index (κ3) is 2.96. The summed E-state index contributed by atoms with van der Waals surface area (Å²) < 4.78 is 5.95. The zero-order chi connectivity index (χ0) is 13.1. The molecular weight excluding hydrogens is 230 g/mol. The van der Waals surface area contributed by atoms with Crippen LogP contribution in [0, 0.1) is 10.1 Å². The first kappa shape index (κ1) is 12.8. The van der Waals surface area contributed by atoms with Gasteiger partial charge in [0.05, 0.1) is 17.1 Å². The van der Waals surface area contributed by atoms with Crippen LogP contribution in [-0.4, -0.2) is 11.0 Å². The second kappa shape index (κ2) is 5.31. The normalized spacial score (nSPS) is 24.2. The van der Waals surface area contributed by atoms with Gasteiger partial charge in [-0.3, -0.25) is 10.1 Å². The summed E-state index contributed by atoms with van der Waals surface area (Å²) in [4.78, 5) is 10.2. The molecule has 4 heteroatoms. The van der Waals surface area contributed by atoms with Gasteiger partial charge in [-0.1, -0.05) is 11.6 Å². The Hall–Kier alpha value is -1.68. The van der Waals surface area contributed by atoms with Crippen LogP contribution in [0.2, 0.25) is 0 Å². The lowest BCUT2D eigenvalue weighted by Crippen LogP contribution is -2.11. The zero-order valence-electron chi connectivity index (χ0n) is 10.6. The van der Waals surface area contributed by atoms with Crippen molar-refractivity contribution in [3.8, 4) is 0 Å². The van der Waals surface area contributed by atoms with E-state index >= 15 is 0 Å². The molecule has 0 aliphatic carbocycles. The van der Waals surface area contributed by atoms with Gasteiger partial charge in [-0.2, -0.15) is 0 Å². The average Bonchev–Trinajstić information content (AvgIpc) is 2.51. The fourth-order valence-corrected chi connectivity index (χ4v) is 2.13. The highest BCUT2D eigenvalue weighted by atomic mass is 16.6. The van der Waals surface area contributed by atoms with E-state index in [1.54, 1.807) is 12.1 Å². The van der Waals surface area contributed by atoms with Crippen molar-refractivity contribution in [1.29, 1.82) is 0 Å². The molecule has 0 saturated heterocycles. The highest BCUT2D eigenvalue weighted by Crippen LogP contribution is 2.31. The molecule has 0 fully saturated rings. The molecule has 0 spiro atoms. The fraction of sp³-hybridized carbons (Fsp3) is 0.429. The number of ether oxygens (including phenoxy) is 1. The number of hydrogen-bond acceptors (Lipinski definition) is 3. The van der Waals surface area contributed by atoms with Crippen LogP contribution >= 0.6 is 0 Å². The summed E-state index contributed by atoms with van der Waals surface area (Å²) in [7, 11) is 0. The van der Waals surface area contributed by atoms with Crippen molar-refractivity contribution in [2.75, 3.05) is 0 Å². The van der Waals surface area contributed by atoms with E-state index in [1.807, 2.05) is 6.92 Å². The minimum atomic E-state index is -0.383. The molecule has 0 saturated carbocycles. The minimum Gasteiger partial charge on any atom is -0.370 e. The molecule has 4 nitrogen and oxygen atoms in total. The van der Waals surface area contributed by atoms with Gasteiger partial charge < -0.3 is 4.74 Å². The maximum absolute atomic E-state index is 10.6. The molecule has 18 heavy (non-hydrogen) atoms. The number of nitro groups is 1. The van der Waals surface area contributed by atoms with Crippen LogP contribution in [-0.2, 0) is 4.74 Å².